The number of furan rings is 1. The molecular weight excluding hydrogens is 424 g/mol. The van der Waals surface area contributed by atoms with Gasteiger partial charge < -0.3 is 13.9 Å². The molecule has 1 aliphatic rings. The molecule has 2 aromatic carbocycles. The number of amidine groups is 1. The van der Waals surface area contributed by atoms with Gasteiger partial charge in [0, 0.05) is 5.56 Å². The number of hydrogen-bond donors (Lipinski definition) is 0. The van der Waals surface area contributed by atoms with Gasteiger partial charge in [-0.1, -0.05) is 30.3 Å². The van der Waals surface area contributed by atoms with Crippen LogP contribution in [0.4, 0.5) is 5.69 Å². The van der Waals surface area contributed by atoms with E-state index in [4.69, 9.17) is 18.9 Å². The highest BCUT2D eigenvalue weighted by molar-refractivity contribution is 8.18. The number of aliphatic imine (C=N–C) groups is 1. The molecule has 0 spiro atoms. The average molecular weight is 449 g/mol. The van der Waals surface area contributed by atoms with Gasteiger partial charge in [-0.2, -0.15) is 0 Å². The van der Waals surface area contributed by atoms with Gasteiger partial charge in [-0.05, 0) is 62.0 Å². The van der Waals surface area contributed by atoms with Gasteiger partial charge in [-0.15, -0.1) is 0 Å². The molecule has 0 aliphatic carbocycles. The third kappa shape index (κ3) is 4.89. The summed E-state index contributed by atoms with van der Waals surface area (Å²) in [5.74, 6) is 1.77. The van der Waals surface area contributed by atoms with Crippen molar-refractivity contribution >= 4 is 34.6 Å². The lowest BCUT2D eigenvalue weighted by Gasteiger charge is -2.16. The maximum absolute atomic E-state index is 13.4. The van der Waals surface area contributed by atoms with Crippen LogP contribution >= 0.6 is 11.8 Å². The number of rotatable bonds is 7. The average Bonchev–Trinajstić information content (AvgIpc) is 3.40. The van der Waals surface area contributed by atoms with E-state index in [1.165, 1.54) is 11.8 Å². The number of amides is 1. The summed E-state index contributed by atoms with van der Waals surface area (Å²) < 4.78 is 17.0. The molecule has 1 saturated heterocycles. The zero-order chi connectivity index (χ0) is 22.5. The lowest BCUT2D eigenvalue weighted by atomic mass is 10.1. The summed E-state index contributed by atoms with van der Waals surface area (Å²) in [6, 6.07) is 18.8. The highest BCUT2D eigenvalue weighted by Gasteiger charge is 2.34. The highest BCUT2D eigenvalue weighted by atomic mass is 32.2. The van der Waals surface area contributed by atoms with E-state index in [9.17, 15) is 4.79 Å². The zero-order valence-corrected chi connectivity index (χ0v) is 19.0. The van der Waals surface area contributed by atoms with E-state index < -0.39 is 0 Å². The van der Waals surface area contributed by atoms with E-state index in [-0.39, 0.29) is 12.0 Å². The standard InChI is InChI=1S/C25H24N2O4S/c1-17(2)31-23-18(9-7-13-21(23)29-3)15-22-24(28)27(16-20-12-8-14-30-20)25(32-22)26-19-10-5-4-6-11-19/h4-15,17H,16H2,1-3H3/b22-15-,26-25?. The lowest BCUT2D eigenvalue weighted by molar-refractivity contribution is -0.122. The smallest absolute Gasteiger partial charge is 0.267 e. The van der Waals surface area contributed by atoms with Gasteiger partial charge in [0.2, 0.25) is 0 Å². The van der Waals surface area contributed by atoms with Gasteiger partial charge in [0.15, 0.2) is 16.7 Å². The van der Waals surface area contributed by atoms with E-state index >= 15 is 0 Å². The van der Waals surface area contributed by atoms with Crippen molar-refractivity contribution in [1.29, 1.82) is 0 Å². The first-order chi connectivity index (χ1) is 15.5. The molecule has 0 unspecified atom stereocenters. The van der Waals surface area contributed by atoms with E-state index in [1.54, 1.807) is 24.3 Å². The van der Waals surface area contributed by atoms with Gasteiger partial charge in [0.25, 0.3) is 5.91 Å². The fraction of sp³-hybridized carbons (Fsp3) is 0.200. The number of methoxy groups -OCH3 is 1. The molecule has 164 valence electrons. The molecule has 0 N–H and O–H groups in total. The van der Waals surface area contributed by atoms with Crippen LogP contribution in [0.3, 0.4) is 0 Å². The van der Waals surface area contributed by atoms with E-state index in [1.807, 2.05) is 74.5 Å². The van der Waals surface area contributed by atoms with E-state index in [2.05, 4.69) is 0 Å². The number of para-hydroxylation sites is 2. The lowest BCUT2D eigenvalue weighted by Crippen LogP contribution is -2.28. The monoisotopic (exact) mass is 448 g/mol. The van der Waals surface area contributed by atoms with Crippen molar-refractivity contribution in [3.63, 3.8) is 0 Å². The van der Waals surface area contributed by atoms with Crippen molar-refractivity contribution in [1.82, 2.24) is 4.90 Å². The molecule has 0 bridgehead atoms. The van der Waals surface area contributed by atoms with Crippen molar-refractivity contribution in [3.05, 3.63) is 83.2 Å². The van der Waals surface area contributed by atoms with Gasteiger partial charge >= 0.3 is 0 Å². The van der Waals surface area contributed by atoms with Gasteiger partial charge in [0.1, 0.15) is 5.76 Å². The number of thioether (sulfide) groups is 1. The first-order valence-corrected chi connectivity index (χ1v) is 11.1. The Morgan fingerprint density at radius 2 is 1.91 bits per heavy atom. The van der Waals surface area contributed by atoms with Crippen LogP contribution in [0.25, 0.3) is 6.08 Å². The third-order valence-electron chi connectivity index (χ3n) is 4.63. The number of nitrogens with zero attached hydrogens (tertiary/aromatic N) is 2. The molecule has 0 saturated carbocycles. The van der Waals surface area contributed by atoms with E-state index in [0.29, 0.717) is 33.9 Å². The van der Waals surface area contributed by atoms with Crippen molar-refractivity contribution in [2.24, 2.45) is 4.99 Å². The fourth-order valence-electron chi connectivity index (χ4n) is 3.21. The summed E-state index contributed by atoms with van der Waals surface area (Å²) in [5.41, 5.74) is 1.55. The highest BCUT2D eigenvalue weighted by Crippen LogP contribution is 2.39. The Labute approximate surface area is 191 Å². The molecule has 1 fully saturated rings. The molecule has 3 aromatic rings. The second-order valence-corrected chi connectivity index (χ2v) is 8.37. The minimum absolute atomic E-state index is 0.0407. The molecule has 1 aromatic heterocycles. The van der Waals surface area contributed by atoms with Crippen molar-refractivity contribution < 1.29 is 18.7 Å². The molecule has 6 nitrogen and oxygen atoms in total. The Kier molecular flexibility index (Phi) is 6.66. The summed E-state index contributed by atoms with van der Waals surface area (Å²) in [4.78, 5) is 20.3. The number of hydrogen-bond acceptors (Lipinski definition) is 6. The summed E-state index contributed by atoms with van der Waals surface area (Å²) in [5, 5.41) is 0.595. The summed E-state index contributed by atoms with van der Waals surface area (Å²) in [7, 11) is 1.60. The Morgan fingerprint density at radius 1 is 1.09 bits per heavy atom. The second-order valence-electron chi connectivity index (χ2n) is 7.36. The fourth-order valence-corrected chi connectivity index (χ4v) is 4.20. The van der Waals surface area contributed by atoms with Crippen LogP contribution < -0.4 is 9.47 Å². The first kappa shape index (κ1) is 21.8. The molecule has 0 atom stereocenters. The molecule has 0 radical (unpaired) electrons. The Morgan fingerprint density at radius 3 is 2.59 bits per heavy atom. The van der Waals surface area contributed by atoms with Gasteiger partial charge in [-0.3, -0.25) is 9.69 Å². The molecule has 7 heteroatoms. The maximum atomic E-state index is 13.4. The minimum Gasteiger partial charge on any atom is -0.493 e. The normalized spacial score (nSPS) is 16.4. The maximum Gasteiger partial charge on any atom is 0.267 e. The quantitative estimate of drug-likeness (QED) is 0.422. The summed E-state index contributed by atoms with van der Waals surface area (Å²) >= 11 is 1.33. The summed E-state index contributed by atoms with van der Waals surface area (Å²) in [6.07, 6.45) is 3.39. The molecular formula is C25H24N2O4S. The third-order valence-corrected chi connectivity index (χ3v) is 5.64. The Hall–Kier alpha value is -3.45. The predicted octanol–water partition coefficient (Wildman–Crippen LogP) is 5.88. The van der Waals surface area contributed by atoms with Crippen LogP contribution in [0.15, 0.2) is 81.2 Å². The number of ether oxygens (including phenoxy) is 2. The van der Waals surface area contributed by atoms with Gasteiger partial charge in [0.05, 0.1) is 36.6 Å². The first-order valence-electron chi connectivity index (χ1n) is 10.3. The summed E-state index contributed by atoms with van der Waals surface area (Å²) in [6.45, 7) is 4.21. The van der Waals surface area contributed by atoms with Crippen molar-refractivity contribution in [3.8, 4) is 11.5 Å². The molecule has 1 amide bonds. The molecule has 1 aliphatic heterocycles. The van der Waals surface area contributed by atoms with Crippen LogP contribution in [0, 0.1) is 0 Å². The van der Waals surface area contributed by atoms with Crippen LogP contribution in [-0.2, 0) is 11.3 Å². The minimum atomic E-state index is -0.139. The zero-order valence-electron chi connectivity index (χ0n) is 18.1. The molecule has 2 heterocycles. The number of carbonyl (C=O) groups is 1. The number of benzene rings is 2. The largest absolute Gasteiger partial charge is 0.493 e. The van der Waals surface area contributed by atoms with Crippen LogP contribution in [0.1, 0.15) is 25.2 Å². The molecule has 32 heavy (non-hydrogen) atoms. The van der Waals surface area contributed by atoms with E-state index in [0.717, 1.165) is 11.3 Å². The van der Waals surface area contributed by atoms with Crippen LogP contribution in [0.2, 0.25) is 0 Å². The molecule has 4 rings (SSSR count). The number of carbonyl (C=O) groups excluding carboxylic acids is 1. The SMILES string of the molecule is COc1cccc(/C=C2\SC(=Nc3ccccc3)N(Cc3ccco3)C2=O)c1OC(C)C. The predicted molar refractivity (Wildman–Crippen MR) is 127 cm³/mol. The van der Waals surface area contributed by atoms with Crippen molar-refractivity contribution in [2.45, 2.75) is 26.5 Å². The van der Waals surface area contributed by atoms with Crippen LogP contribution in [0.5, 0.6) is 11.5 Å². The second kappa shape index (κ2) is 9.78. The van der Waals surface area contributed by atoms with Crippen LogP contribution in [-0.4, -0.2) is 29.2 Å². The Balaban J connectivity index is 1.73. The van der Waals surface area contributed by atoms with Crippen molar-refractivity contribution in [2.75, 3.05) is 7.11 Å². The Bertz CT molecular complexity index is 1140. The van der Waals surface area contributed by atoms with Gasteiger partial charge in [-0.25, -0.2) is 4.99 Å². The topological polar surface area (TPSA) is 64.3 Å².